The number of rotatable bonds is 4. The third-order valence-corrected chi connectivity index (χ3v) is 4.87. The predicted molar refractivity (Wildman–Crippen MR) is 84.7 cm³/mol. The zero-order chi connectivity index (χ0) is 14.8. The summed E-state index contributed by atoms with van der Waals surface area (Å²) in [5.74, 6) is -0.305. The fourth-order valence-electron chi connectivity index (χ4n) is 2.65. The summed E-state index contributed by atoms with van der Waals surface area (Å²) < 4.78 is 2.19. The number of aromatic nitrogens is 2. The molecule has 1 heterocycles. The Balaban J connectivity index is 2.06. The molecule has 1 amide bonds. The van der Waals surface area contributed by atoms with E-state index in [9.17, 15) is 4.79 Å². The lowest BCUT2D eigenvalue weighted by molar-refractivity contribution is -0.117. The predicted octanol–water partition coefficient (Wildman–Crippen LogP) is 2.72. The number of carbonyl (C=O) groups excluding carboxylic acids is 1. The molecule has 2 N–H and O–H groups in total. The molecular weight excluding hydrogens is 282 g/mol. The maximum absolute atomic E-state index is 11.4. The second kappa shape index (κ2) is 5.93. The Morgan fingerprint density at radius 3 is 2.71 bits per heavy atom. The van der Waals surface area contributed by atoms with Gasteiger partial charge in [0.2, 0.25) is 5.91 Å². The van der Waals surface area contributed by atoms with Crippen molar-refractivity contribution in [2.45, 2.75) is 43.0 Å². The third kappa shape index (κ3) is 2.83. The van der Waals surface area contributed by atoms with Crippen molar-refractivity contribution in [2.75, 3.05) is 0 Å². The van der Waals surface area contributed by atoms with E-state index in [1.165, 1.54) is 36.0 Å². The average molecular weight is 301 g/mol. The molecule has 0 saturated heterocycles. The number of aryl methyl sites for hydroxylation is 1. The Morgan fingerprint density at radius 2 is 2.00 bits per heavy atom. The highest BCUT2D eigenvalue weighted by Gasteiger charge is 2.23. The van der Waals surface area contributed by atoms with Crippen molar-refractivity contribution in [1.29, 1.82) is 0 Å². The van der Waals surface area contributed by atoms with Crippen LogP contribution in [0.2, 0.25) is 0 Å². The van der Waals surface area contributed by atoms with Gasteiger partial charge in [0.05, 0.1) is 10.9 Å². The van der Waals surface area contributed by atoms with Gasteiger partial charge < -0.3 is 5.73 Å². The Labute approximate surface area is 128 Å². The van der Waals surface area contributed by atoms with Gasteiger partial charge in [-0.1, -0.05) is 30.0 Å². The molecule has 1 unspecified atom stereocenters. The summed E-state index contributed by atoms with van der Waals surface area (Å²) in [7, 11) is 0. The average Bonchev–Trinajstić information content (AvgIpc) is 2.85. The smallest absolute Gasteiger partial charge is 0.230 e. The Kier molecular flexibility index (Phi) is 4.01. The van der Waals surface area contributed by atoms with Crippen LogP contribution in [0.5, 0.6) is 0 Å². The zero-order valence-electron chi connectivity index (χ0n) is 12.1. The molecule has 4 nitrogen and oxygen atoms in total. The van der Waals surface area contributed by atoms with Crippen molar-refractivity contribution in [3.63, 3.8) is 0 Å². The third-order valence-electron chi connectivity index (χ3n) is 3.80. The summed E-state index contributed by atoms with van der Waals surface area (Å²) in [4.78, 5) is 16.1. The monoisotopic (exact) mass is 301 g/mol. The molecule has 1 aromatic carbocycles. The van der Waals surface area contributed by atoms with Crippen LogP contribution in [0.4, 0.5) is 0 Å². The van der Waals surface area contributed by atoms with Crippen molar-refractivity contribution < 1.29 is 4.79 Å². The Morgan fingerprint density at radius 1 is 1.29 bits per heavy atom. The molecule has 21 heavy (non-hydrogen) atoms. The largest absolute Gasteiger partial charge is 0.369 e. The number of hydrogen-bond donors (Lipinski definition) is 1. The molecule has 0 bridgehead atoms. The van der Waals surface area contributed by atoms with E-state index in [0.29, 0.717) is 0 Å². The maximum Gasteiger partial charge on any atom is 0.230 e. The van der Waals surface area contributed by atoms with Crippen LogP contribution in [0.3, 0.4) is 0 Å². The summed E-state index contributed by atoms with van der Waals surface area (Å²) in [5, 5.41) is 0.593. The first kappa shape index (κ1) is 14.2. The molecule has 1 aromatic heterocycles. The van der Waals surface area contributed by atoms with Gasteiger partial charge in [-0.2, -0.15) is 0 Å². The molecule has 0 saturated carbocycles. The van der Waals surface area contributed by atoms with Crippen molar-refractivity contribution in [3.05, 3.63) is 41.7 Å². The minimum atomic E-state index is -0.305. The quantitative estimate of drug-likeness (QED) is 0.883. The van der Waals surface area contributed by atoms with Crippen LogP contribution >= 0.6 is 11.8 Å². The molecule has 1 atom stereocenters. The van der Waals surface area contributed by atoms with Crippen LogP contribution in [-0.4, -0.2) is 20.7 Å². The van der Waals surface area contributed by atoms with Gasteiger partial charge in [0.1, 0.15) is 0 Å². The lowest BCUT2D eigenvalue weighted by atomic mass is 10.0. The number of imidazole rings is 1. The standard InChI is InChI=1S/C16H19N3OS/c1-11(15(17)20)21-16-18-13-9-5-6-10-14(13)19(16)12-7-3-2-4-8-12/h2-4,7-8,11H,5-6,9-10H2,1H3,(H2,17,20). The number of carbonyl (C=O) groups is 1. The molecule has 0 aliphatic heterocycles. The van der Waals surface area contributed by atoms with E-state index in [0.717, 1.165) is 23.7 Å². The number of benzene rings is 1. The van der Waals surface area contributed by atoms with E-state index in [1.807, 2.05) is 25.1 Å². The number of nitrogens with zero attached hydrogens (tertiary/aromatic N) is 2. The molecule has 0 spiro atoms. The molecule has 1 aliphatic carbocycles. The number of amides is 1. The maximum atomic E-state index is 11.4. The number of fused-ring (bicyclic) bond motifs is 1. The lowest BCUT2D eigenvalue weighted by Gasteiger charge is -2.15. The minimum Gasteiger partial charge on any atom is -0.369 e. The molecule has 5 heteroatoms. The molecule has 110 valence electrons. The first-order chi connectivity index (χ1) is 10.2. The molecule has 1 aliphatic rings. The lowest BCUT2D eigenvalue weighted by Crippen LogP contribution is -2.23. The Bertz CT molecular complexity index is 651. The summed E-state index contributed by atoms with van der Waals surface area (Å²) in [6.07, 6.45) is 4.45. The fourth-order valence-corrected chi connectivity index (χ4v) is 3.57. The van der Waals surface area contributed by atoms with Gasteiger partial charge in [-0.15, -0.1) is 0 Å². The molecule has 0 fully saturated rings. The second-order valence-electron chi connectivity index (χ2n) is 5.33. The van der Waals surface area contributed by atoms with Crippen LogP contribution in [0.15, 0.2) is 35.5 Å². The van der Waals surface area contributed by atoms with E-state index < -0.39 is 0 Å². The van der Waals surface area contributed by atoms with E-state index in [2.05, 4.69) is 16.7 Å². The summed E-state index contributed by atoms with van der Waals surface area (Å²) >= 11 is 1.44. The highest BCUT2D eigenvalue weighted by Crippen LogP contribution is 2.32. The van der Waals surface area contributed by atoms with Crippen LogP contribution in [0.1, 0.15) is 31.2 Å². The van der Waals surface area contributed by atoms with Crippen molar-refractivity contribution >= 4 is 17.7 Å². The van der Waals surface area contributed by atoms with Gasteiger partial charge in [0, 0.05) is 11.4 Å². The molecular formula is C16H19N3OS. The van der Waals surface area contributed by atoms with E-state index in [-0.39, 0.29) is 11.2 Å². The Hall–Kier alpha value is -1.75. The van der Waals surface area contributed by atoms with E-state index >= 15 is 0 Å². The number of nitrogens with two attached hydrogens (primary N) is 1. The highest BCUT2D eigenvalue weighted by molar-refractivity contribution is 8.00. The highest BCUT2D eigenvalue weighted by atomic mass is 32.2. The van der Waals surface area contributed by atoms with Crippen molar-refractivity contribution in [1.82, 2.24) is 9.55 Å². The SMILES string of the molecule is CC(Sc1nc2c(n1-c1ccccc1)CCCC2)C(N)=O. The summed E-state index contributed by atoms with van der Waals surface area (Å²) in [6, 6.07) is 10.2. The van der Waals surface area contributed by atoms with Crippen LogP contribution in [-0.2, 0) is 17.6 Å². The van der Waals surface area contributed by atoms with Gasteiger partial charge in [0.25, 0.3) is 0 Å². The zero-order valence-corrected chi connectivity index (χ0v) is 12.9. The van der Waals surface area contributed by atoms with Crippen LogP contribution in [0.25, 0.3) is 5.69 Å². The van der Waals surface area contributed by atoms with Gasteiger partial charge in [-0.3, -0.25) is 9.36 Å². The van der Waals surface area contributed by atoms with Gasteiger partial charge in [-0.05, 0) is 44.7 Å². The second-order valence-corrected chi connectivity index (χ2v) is 6.64. The van der Waals surface area contributed by atoms with Crippen LogP contribution in [0, 0.1) is 0 Å². The van der Waals surface area contributed by atoms with Crippen LogP contribution < -0.4 is 5.73 Å². The first-order valence-corrected chi connectivity index (χ1v) is 8.16. The first-order valence-electron chi connectivity index (χ1n) is 7.28. The minimum absolute atomic E-state index is 0.281. The van der Waals surface area contributed by atoms with Crippen molar-refractivity contribution in [2.24, 2.45) is 5.73 Å². The van der Waals surface area contributed by atoms with Gasteiger partial charge in [0.15, 0.2) is 5.16 Å². The molecule has 0 radical (unpaired) electrons. The van der Waals surface area contributed by atoms with Gasteiger partial charge in [-0.25, -0.2) is 4.98 Å². The number of para-hydroxylation sites is 1. The molecule has 2 aromatic rings. The van der Waals surface area contributed by atoms with Crippen molar-refractivity contribution in [3.8, 4) is 5.69 Å². The normalized spacial score (nSPS) is 15.5. The van der Waals surface area contributed by atoms with E-state index in [4.69, 9.17) is 10.7 Å². The fraction of sp³-hybridized carbons (Fsp3) is 0.375. The topological polar surface area (TPSA) is 60.9 Å². The summed E-state index contributed by atoms with van der Waals surface area (Å²) in [6.45, 7) is 1.83. The number of hydrogen-bond acceptors (Lipinski definition) is 3. The molecule has 3 rings (SSSR count). The van der Waals surface area contributed by atoms with Gasteiger partial charge >= 0.3 is 0 Å². The number of thioether (sulfide) groups is 1. The summed E-state index contributed by atoms with van der Waals surface area (Å²) in [5.41, 5.74) is 8.96. The number of primary amides is 1. The van der Waals surface area contributed by atoms with E-state index in [1.54, 1.807) is 0 Å².